The van der Waals surface area contributed by atoms with E-state index in [2.05, 4.69) is 0 Å². The van der Waals surface area contributed by atoms with E-state index in [0.29, 0.717) is 12.5 Å². The molecule has 1 amide bonds. The Morgan fingerprint density at radius 1 is 1.38 bits per heavy atom. The molecule has 0 atom stereocenters. The minimum atomic E-state index is -1.32. The molecule has 4 nitrogen and oxygen atoms in total. The van der Waals surface area contributed by atoms with Gasteiger partial charge in [-0.3, -0.25) is 9.59 Å². The van der Waals surface area contributed by atoms with Crippen molar-refractivity contribution in [3.63, 3.8) is 0 Å². The molecule has 1 fully saturated rings. The summed E-state index contributed by atoms with van der Waals surface area (Å²) in [5.74, 6) is -0.753. The zero-order chi connectivity index (χ0) is 12.5. The summed E-state index contributed by atoms with van der Waals surface area (Å²) in [7, 11) is 0. The lowest BCUT2D eigenvalue weighted by Crippen LogP contribution is -2.48. The lowest BCUT2D eigenvalue weighted by Gasteiger charge is -2.32. The topological polar surface area (TPSA) is 57.6 Å². The van der Waals surface area contributed by atoms with Crippen LogP contribution in [0.5, 0.6) is 0 Å². The summed E-state index contributed by atoms with van der Waals surface area (Å²) in [6.45, 7) is 7.50. The third-order valence-electron chi connectivity index (χ3n) is 3.11. The fourth-order valence-corrected chi connectivity index (χ4v) is 1.56. The van der Waals surface area contributed by atoms with E-state index < -0.39 is 11.4 Å². The van der Waals surface area contributed by atoms with Crippen LogP contribution in [0.2, 0.25) is 0 Å². The zero-order valence-corrected chi connectivity index (χ0v) is 10.5. The number of amides is 1. The Morgan fingerprint density at radius 3 is 2.19 bits per heavy atom. The van der Waals surface area contributed by atoms with Gasteiger partial charge in [-0.2, -0.15) is 0 Å². The van der Waals surface area contributed by atoms with Gasteiger partial charge in [0, 0.05) is 12.6 Å². The molecule has 0 spiro atoms. The van der Waals surface area contributed by atoms with Crippen molar-refractivity contribution < 1.29 is 14.7 Å². The highest BCUT2D eigenvalue weighted by molar-refractivity contribution is 6.01. The van der Waals surface area contributed by atoms with Crippen LogP contribution >= 0.6 is 0 Å². The van der Waals surface area contributed by atoms with Crippen LogP contribution in [0.4, 0.5) is 0 Å². The summed E-state index contributed by atoms with van der Waals surface area (Å²) in [5.41, 5.74) is -1.32. The van der Waals surface area contributed by atoms with Gasteiger partial charge < -0.3 is 10.0 Å². The predicted molar refractivity (Wildman–Crippen MR) is 61.0 cm³/mol. The molecule has 1 saturated carbocycles. The predicted octanol–water partition coefficient (Wildman–Crippen LogP) is 1.74. The van der Waals surface area contributed by atoms with Crippen LogP contribution in [0.1, 0.15) is 40.5 Å². The normalized spacial score (nSPS) is 16.3. The smallest absolute Gasteiger partial charge is 0.318 e. The second-order valence-electron chi connectivity index (χ2n) is 5.42. The van der Waals surface area contributed by atoms with E-state index in [0.717, 1.165) is 12.8 Å². The van der Waals surface area contributed by atoms with Crippen LogP contribution in [-0.2, 0) is 9.59 Å². The number of hydrogen-bond donors (Lipinski definition) is 1. The minimum absolute atomic E-state index is 0.0618. The monoisotopic (exact) mass is 227 g/mol. The van der Waals surface area contributed by atoms with E-state index in [-0.39, 0.29) is 11.9 Å². The van der Waals surface area contributed by atoms with Crippen LogP contribution in [0.25, 0.3) is 0 Å². The Balaban J connectivity index is 2.76. The van der Waals surface area contributed by atoms with Crippen molar-refractivity contribution in [2.24, 2.45) is 11.3 Å². The Bertz CT molecular complexity index is 293. The first kappa shape index (κ1) is 13.0. The molecule has 0 unspecified atom stereocenters. The van der Waals surface area contributed by atoms with Crippen LogP contribution in [0.3, 0.4) is 0 Å². The molecule has 0 aromatic carbocycles. The number of carboxylic acid groups (broad SMARTS) is 1. The molecule has 1 aliphatic rings. The Hall–Kier alpha value is -1.06. The Morgan fingerprint density at radius 2 is 1.88 bits per heavy atom. The highest BCUT2D eigenvalue weighted by atomic mass is 16.4. The SMILES string of the molecule is CC(C)N(CC1CC1)C(=O)C(C)(C)C(=O)O. The molecule has 0 radical (unpaired) electrons. The molecule has 1 N–H and O–H groups in total. The van der Waals surface area contributed by atoms with Crippen molar-refractivity contribution in [3.8, 4) is 0 Å². The van der Waals surface area contributed by atoms with Gasteiger partial charge in [0.1, 0.15) is 5.41 Å². The second-order valence-corrected chi connectivity index (χ2v) is 5.42. The average Bonchev–Trinajstić information content (AvgIpc) is 2.95. The van der Waals surface area contributed by atoms with E-state index in [1.165, 1.54) is 13.8 Å². The number of carboxylic acids is 1. The molecular weight excluding hydrogens is 206 g/mol. The van der Waals surface area contributed by atoms with Gasteiger partial charge in [0.25, 0.3) is 0 Å². The molecule has 92 valence electrons. The summed E-state index contributed by atoms with van der Waals surface area (Å²) < 4.78 is 0. The number of nitrogens with zero attached hydrogens (tertiary/aromatic N) is 1. The van der Waals surface area contributed by atoms with Gasteiger partial charge in [-0.1, -0.05) is 0 Å². The molecule has 4 heteroatoms. The van der Waals surface area contributed by atoms with Crippen molar-refractivity contribution in [2.45, 2.75) is 46.6 Å². The number of carbonyl (C=O) groups is 2. The minimum Gasteiger partial charge on any atom is -0.480 e. The first-order valence-electron chi connectivity index (χ1n) is 5.81. The molecule has 0 bridgehead atoms. The Kier molecular flexibility index (Phi) is 3.61. The van der Waals surface area contributed by atoms with Gasteiger partial charge in [0.05, 0.1) is 0 Å². The van der Waals surface area contributed by atoms with Crippen LogP contribution in [0.15, 0.2) is 0 Å². The van der Waals surface area contributed by atoms with E-state index >= 15 is 0 Å². The molecule has 1 aliphatic carbocycles. The molecule has 0 saturated heterocycles. The van der Waals surface area contributed by atoms with Crippen molar-refractivity contribution in [2.75, 3.05) is 6.54 Å². The van der Waals surface area contributed by atoms with Gasteiger partial charge in [-0.25, -0.2) is 0 Å². The first-order valence-corrected chi connectivity index (χ1v) is 5.81. The number of carbonyl (C=O) groups excluding carboxylic acids is 1. The zero-order valence-electron chi connectivity index (χ0n) is 10.5. The Labute approximate surface area is 96.6 Å². The third kappa shape index (κ3) is 2.74. The largest absolute Gasteiger partial charge is 0.480 e. The van der Waals surface area contributed by atoms with Crippen molar-refractivity contribution in [1.82, 2.24) is 4.90 Å². The molecule has 0 aromatic heterocycles. The van der Waals surface area contributed by atoms with Crippen molar-refractivity contribution >= 4 is 11.9 Å². The fourth-order valence-electron chi connectivity index (χ4n) is 1.56. The lowest BCUT2D eigenvalue weighted by molar-refractivity contribution is -0.159. The maximum atomic E-state index is 12.2. The maximum Gasteiger partial charge on any atom is 0.318 e. The van der Waals surface area contributed by atoms with Crippen molar-refractivity contribution in [3.05, 3.63) is 0 Å². The number of aliphatic carboxylic acids is 1. The van der Waals surface area contributed by atoms with Gasteiger partial charge in [0.15, 0.2) is 0 Å². The lowest BCUT2D eigenvalue weighted by atomic mass is 9.91. The second kappa shape index (κ2) is 4.44. The first-order chi connectivity index (χ1) is 7.26. The third-order valence-corrected chi connectivity index (χ3v) is 3.11. The van der Waals surface area contributed by atoms with Crippen LogP contribution in [-0.4, -0.2) is 34.5 Å². The molecular formula is C12H21NO3. The maximum absolute atomic E-state index is 12.2. The fraction of sp³-hybridized carbons (Fsp3) is 0.833. The van der Waals surface area contributed by atoms with Crippen molar-refractivity contribution in [1.29, 1.82) is 0 Å². The van der Waals surface area contributed by atoms with E-state index in [1.807, 2.05) is 13.8 Å². The van der Waals surface area contributed by atoms with Gasteiger partial charge in [0.2, 0.25) is 5.91 Å². The summed E-state index contributed by atoms with van der Waals surface area (Å²) in [6.07, 6.45) is 2.31. The molecule has 0 aromatic rings. The van der Waals surface area contributed by atoms with Gasteiger partial charge >= 0.3 is 5.97 Å². The van der Waals surface area contributed by atoms with Crippen LogP contribution < -0.4 is 0 Å². The number of rotatable bonds is 5. The quantitative estimate of drug-likeness (QED) is 0.728. The summed E-state index contributed by atoms with van der Waals surface area (Å²) in [4.78, 5) is 24.9. The highest BCUT2D eigenvalue weighted by Gasteiger charge is 2.41. The molecule has 0 heterocycles. The molecule has 1 rings (SSSR count). The summed E-state index contributed by atoms with van der Waals surface area (Å²) in [5, 5.41) is 9.04. The molecule has 16 heavy (non-hydrogen) atoms. The van der Waals surface area contributed by atoms with E-state index in [4.69, 9.17) is 5.11 Å². The van der Waals surface area contributed by atoms with E-state index in [9.17, 15) is 9.59 Å². The van der Waals surface area contributed by atoms with Gasteiger partial charge in [-0.05, 0) is 46.5 Å². The summed E-state index contributed by atoms with van der Waals surface area (Å²) >= 11 is 0. The highest BCUT2D eigenvalue weighted by Crippen LogP contribution is 2.32. The van der Waals surface area contributed by atoms with Crippen LogP contribution in [0, 0.1) is 11.3 Å². The summed E-state index contributed by atoms with van der Waals surface area (Å²) in [6, 6.07) is 0.0618. The van der Waals surface area contributed by atoms with E-state index in [1.54, 1.807) is 4.90 Å². The number of hydrogen-bond acceptors (Lipinski definition) is 2. The average molecular weight is 227 g/mol. The molecule has 0 aliphatic heterocycles. The standard InChI is InChI=1S/C12H21NO3/c1-8(2)13(7-9-5-6-9)10(14)12(3,4)11(15)16/h8-9H,5-7H2,1-4H3,(H,15,16). The van der Waals surface area contributed by atoms with Gasteiger partial charge in [-0.15, -0.1) is 0 Å².